The minimum absolute atomic E-state index is 0.247. The lowest BCUT2D eigenvalue weighted by Gasteiger charge is -2.11. The Morgan fingerprint density at radius 3 is 2.47 bits per heavy atom. The summed E-state index contributed by atoms with van der Waals surface area (Å²) in [6, 6.07) is 0. The van der Waals surface area contributed by atoms with E-state index in [2.05, 4.69) is 17.0 Å². The van der Waals surface area contributed by atoms with Crippen molar-refractivity contribution >= 4 is 10.0 Å². The number of hydrogen-bond donors (Lipinski definition) is 2. The van der Waals surface area contributed by atoms with Gasteiger partial charge < -0.3 is 5.32 Å². The van der Waals surface area contributed by atoms with Crippen LogP contribution in [0.25, 0.3) is 0 Å². The van der Waals surface area contributed by atoms with Crippen molar-refractivity contribution in [1.82, 2.24) is 10.0 Å². The van der Waals surface area contributed by atoms with Gasteiger partial charge in [-0.1, -0.05) is 20.3 Å². The monoisotopic (exact) mass is 236 g/mol. The van der Waals surface area contributed by atoms with Gasteiger partial charge in [0, 0.05) is 6.54 Å². The number of sulfonamides is 1. The highest BCUT2D eigenvalue weighted by Crippen LogP contribution is 2.07. The molecule has 0 fully saturated rings. The van der Waals surface area contributed by atoms with Gasteiger partial charge in [-0.05, 0) is 32.4 Å². The van der Waals surface area contributed by atoms with E-state index in [4.69, 9.17) is 0 Å². The quantitative estimate of drug-likeness (QED) is 0.586. The molecule has 92 valence electrons. The molecule has 4 nitrogen and oxygen atoms in total. The maximum atomic E-state index is 11.5. The van der Waals surface area contributed by atoms with Crippen LogP contribution in [0.2, 0.25) is 0 Å². The molecular formula is C10H24N2O2S. The first-order valence-corrected chi connectivity index (χ1v) is 7.29. The van der Waals surface area contributed by atoms with Crippen LogP contribution in [0.15, 0.2) is 0 Å². The molecule has 0 bridgehead atoms. The second kappa shape index (κ2) is 8.07. The van der Waals surface area contributed by atoms with E-state index in [1.165, 1.54) is 0 Å². The highest BCUT2D eigenvalue weighted by Gasteiger charge is 2.13. The largest absolute Gasteiger partial charge is 0.320 e. The van der Waals surface area contributed by atoms with Crippen molar-refractivity contribution in [3.8, 4) is 0 Å². The van der Waals surface area contributed by atoms with Crippen molar-refractivity contribution in [1.29, 1.82) is 0 Å². The average molecular weight is 236 g/mol. The Morgan fingerprint density at radius 1 is 1.27 bits per heavy atom. The number of nitrogens with one attached hydrogen (secondary N) is 2. The van der Waals surface area contributed by atoms with E-state index in [1.807, 2.05) is 14.0 Å². The topological polar surface area (TPSA) is 58.2 Å². The zero-order valence-corrected chi connectivity index (χ0v) is 10.9. The second-order valence-electron chi connectivity index (χ2n) is 4.03. The van der Waals surface area contributed by atoms with Crippen molar-refractivity contribution in [2.75, 3.05) is 25.9 Å². The Balaban J connectivity index is 3.76. The molecule has 0 saturated heterocycles. The summed E-state index contributed by atoms with van der Waals surface area (Å²) in [6.07, 6.45) is 2.84. The van der Waals surface area contributed by atoms with E-state index in [0.29, 0.717) is 6.54 Å². The molecule has 0 heterocycles. The third-order valence-corrected chi connectivity index (χ3v) is 3.86. The van der Waals surface area contributed by atoms with Crippen molar-refractivity contribution in [2.24, 2.45) is 5.92 Å². The maximum Gasteiger partial charge on any atom is 0.211 e. The van der Waals surface area contributed by atoms with Crippen LogP contribution in [-0.4, -0.2) is 34.3 Å². The van der Waals surface area contributed by atoms with Crippen LogP contribution in [0, 0.1) is 5.92 Å². The summed E-state index contributed by atoms with van der Waals surface area (Å²) in [7, 11) is -1.20. The van der Waals surface area contributed by atoms with Gasteiger partial charge in [-0.15, -0.1) is 0 Å². The highest BCUT2D eigenvalue weighted by molar-refractivity contribution is 7.89. The molecule has 2 N–H and O–H groups in total. The molecule has 0 aliphatic rings. The Hall–Kier alpha value is -0.130. The van der Waals surface area contributed by atoms with Gasteiger partial charge >= 0.3 is 0 Å². The van der Waals surface area contributed by atoms with E-state index in [-0.39, 0.29) is 11.7 Å². The first-order valence-electron chi connectivity index (χ1n) is 5.63. The maximum absolute atomic E-state index is 11.5. The van der Waals surface area contributed by atoms with E-state index in [1.54, 1.807) is 0 Å². The molecule has 0 aromatic rings. The minimum Gasteiger partial charge on any atom is -0.320 e. The molecular weight excluding hydrogens is 212 g/mol. The molecule has 0 aromatic carbocycles. The third-order valence-electron chi connectivity index (χ3n) is 2.21. The molecule has 1 atom stereocenters. The Morgan fingerprint density at radius 2 is 1.93 bits per heavy atom. The van der Waals surface area contributed by atoms with Crippen LogP contribution in [0.5, 0.6) is 0 Å². The summed E-state index contributed by atoms with van der Waals surface area (Å²) in [5.74, 6) is 0.497. The lowest BCUT2D eigenvalue weighted by Crippen LogP contribution is -2.31. The minimum atomic E-state index is -3.06. The van der Waals surface area contributed by atoms with Crippen molar-refractivity contribution in [2.45, 2.75) is 33.1 Å². The van der Waals surface area contributed by atoms with Gasteiger partial charge in [-0.2, -0.15) is 0 Å². The van der Waals surface area contributed by atoms with Gasteiger partial charge in [0.15, 0.2) is 0 Å². The van der Waals surface area contributed by atoms with Gasteiger partial charge in [-0.25, -0.2) is 13.1 Å². The molecule has 0 aliphatic heterocycles. The van der Waals surface area contributed by atoms with Crippen molar-refractivity contribution in [3.63, 3.8) is 0 Å². The zero-order chi connectivity index (χ0) is 11.7. The molecule has 0 rings (SSSR count). The Kier molecular flexibility index (Phi) is 8.00. The molecule has 0 amide bonds. The van der Waals surface area contributed by atoms with E-state index >= 15 is 0 Å². The molecule has 0 saturated carbocycles. The third kappa shape index (κ3) is 8.84. The smallest absolute Gasteiger partial charge is 0.211 e. The van der Waals surface area contributed by atoms with E-state index in [9.17, 15) is 8.42 Å². The van der Waals surface area contributed by atoms with E-state index in [0.717, 1.165) is 25.8 Å². The van der Waals surface area contributed by atoms with Gasteiger partial charge in [0.25, 0.3) is 0 Å². The summed E-state index contributed by atoms with van der Waals surface area (Å²) in [6.45, 7) is 5.43. The zero-order valence-electron chi connectivity index (χ0n) is 10.0. The fourth-order valence-electron chi connectivity index (χ4n) is 1.50. The number of rotatable bonds is 9. The van der Waals surface area contributed by atoms with Crippen LogP contribution in [0.3, 0.4) is 0 Å². The molecule has 0 spiro atoms. The van der Waals surface area contributed by atoms with Crippen LogP contribution in [0.4, 0.5) is 0 Å². The normalized spacial score (nSPS) is 14.1. The average Bonchev–Trinajstić information content (AvgIpc) is 2.12. The predicted molar refractivity (Wildman–Crippen MR) is 64.4 cm³/mol. The van der Waals surface area contributed by atoms with Gasteiger partial charge in [-0.3, -0.25) is 0 Å². The highest BCUT2D eigenvalue weighted by atomic mass is 32.2. The molecule has 0 aliphatic carbocycles. The van der Waals surface area contributed by atoms with E-state index < -0.39 is 10.0 Å². The standard InChI is InChI=1S/C10H24N2O2S/c1-4-6-10(2)9-15(13,14)12-8-5-7-11-3/h10-12H,4-9H2,1-3H3. The van der Waals surface area contributed by atoms with Crippen LogP contribution < -0.4 is 10.0 Å². The Labute approximate surface area is 93.9 Å². The van der Waals surface area contributed by atoms with Crippen molar-refractivity contribution < 1.29 is 8.42 Å². The van der Waals surface area contributed by atoms with Crippen molar-refractivity contribution in [3.05, 3.63) is 0 Å². The first-order chi connectivity index (χ1) is 7.02. The molecule has 5 heteroatoms. The Bertz CT molecular complexity index is 240. The van der Waals surface area contributed by atoms with Crippen LogP contribution in [0.1, 0.15) is 33.1 Å². The number of hydrogen-bond acceptors (Lipinski definition) is 3. The lowest BCUT2D eigenvalue weighted by molar-refractivity contribution is 0.534. The second-order valence-corrected chi connectivity index (χ2v) is 5.88. The summed E-state index contributed by atoms with van der Waals surface area (Å²) in [4.78, 5) is 0. The molecule has 0 radical (unpaired) electrons. The summed E-state index contributed by atoms with van der Waals surface area (Å²) < 4.78 is 25.7. The molecule has 15 heavy (non-hydrogen) atoms. The molecule has 0 aromatic heterocycles. The van der Waals surface area contributed by atoms with Gasteiger partial charge in [0.2, 0.25) is 10.0 Å². The predicted octanol–water partition coefficient (Wildman–Crippen LogP) is 0.952. The van der Waals surface area contributed by atoms with Crippen LogP contribution in [-0.2, 0) is 10.0 Å². The fraction of sp³-hybridized carbons (Fsp3) is 1.00. The summed E-state index contributed by atoms with van der Waals surface area (Å²) >= 11 is 0. The summed E-state index contributed by atoms with van der Waals surface area (Å²) in [5.41, 5.74) is 0. The first kappa shape index (κ1) is 14.9. The van der Waals surface area contributed by atoms with Gasteiger partial charge in [0.1, 0.15) is 0 Å². The fourth-order valence-corrected chi connectivity index (χ4v) is 2.99. The SMILES string of the molecule is CCCC(C)CS(=O)(=O)NCCCNC. The lowest BCUT2D eigenvalue weighted by atomic mass is 10.1. The van der Waals surface area contributed by atoms with Gasteiger partial charge in [0.05, 0.1) is 5.75 Å². The molecule has 1 unspecified atom stereocenters. The van der Waals surface area contributed by atoms with Crippen LogP contribution >= 0.6 is 0 Å². The summed E-state index contributed by atoms with van der Waals surface area (Å²) in [5, 5.41) is 2.98.